The van der Waals surface area contributed by atoms with E-state index >= 15 is 0 Å². The third-order valence-electron chi connectivity index (χ3n) is 3.18. The quantitative estimate of drug-likeness (QED) is 0.716. The van der Waals surface area contributed by atoms with Gasteiger partial charge in [-0.3, -0.25) is 4.79 Å². The van der Waals surface area contributed by atoms with Crippen molar-refractivity contribution < 1.29 is 9.90 Å². The van der Waals surface area contributed by atoms with Gasteiger partial charge in [-0.25, -0.2) is 0 Å². The number of carbonyl (C=O) groups is 1. The molecule has 1 aromatic carbocycles. The Morgan fingerprint density at radius 2 is 2.00 bits per heavy atom. The van der Waals surface area contributed by atoms with Crippen LogP contribution < -0.4 is 11.1 Å². The Morgan fingerprint density at radius 1 is 1.39 bits per heavy atom. The average molecular weight is 250 g/mol. The molecule has 1 rings (SSSR count). The highest BCUT2D eigenvalue weighted by Gasteiger charge is 2.19. The van der Waals surface area contributed by atoms with Crippen molar-refractivity contribution in [3.8, 4) is 0 Å². The molecule has 0 aromatic heterocycles. The summed E-state index contributed by atoms with van der Waals surface area (Å²) in [6, 6.07) is 6.95. The zero-order valence-electron chi connectivity index (χ0n) is 11.0. The van der Waals surface area contributed by atoms with Crippen LogP contribution in [0.1, 0.15) is 25.8 Å². The highest BCUT2D eigenvalue weighted by molar-refractivity contribution is 5.94. The number of benzene rings is 1. The minimum Gasteiger partial charge on any atom is -0.396 e. The maximum atomic E-state index is 11.8. The lowest BCUT2D eigenvalue weighted by Gasteiger charge is -2.17. The Hall–Kier alpha value is -1.39. The van der Waals surface area contributed by atoms with Gasteiger partial charge in [0.15, 0.2) is 0 Å². The first kappa shape index (κ1) is 14.7. The zero-order chi connectivity index (χ0) is 13.5. The molecule has 4 N–H and O–H groups in total. The van der Waals surface area contributed by atoms with Crippen LogP contribution in [0.5, 0.6) is 0 Å². The van der Waals surface area contributed by atoms with Crippen molar-refractivity contribution >= 4 is 11.6 Å². The number of anilines is 1. The third kappa shape index (κ3) is 4.13. The van der Waals surface area contributed by atoms with Gasteiger partial charge in [0.1, 0.15) is 0 Å². The summed E-state index contributed by atoms with van der Waals surface area (Å²) in [6.45, 7) is 4.11. The predicted molar refractivity (Wildman–Crippen MR) is 73.3 cm³/mol. The lowest BCUT2D eigenvalue weighted by molar-refractivity contribution is -0.118. The van der Waals surface area contributed by atoms with E-state index < -0.39 is 6.04 Å². The van der Waals surface area contributed by atoms with E-state index in [4.69, 9.17) is 10.8 Å². The standard InChI is InChI=1S/C14H22N2O2/c1-3-10(2)13(15)14(18)16-12-6-4-11(5-7-12)8-9-17/h4-7,10,13,17H,3,8-9,15H2,1-2H3,(H,16,18)/t10-,13-/m0/s1. The van der Waals surface area contributed by atoms with Gasteiger partial charge in [0.05, 0.1) is 6.04 Å². The number of aliphatic hydroxyl groups excluding tert-OH is 1. The Kier molecular flexibility index (Phi) is 5.82. The van der Waals surface area contributed by atoms with Crippen LogP contribution in [0, 0.1) is 5.92 Å². The number of carbonyl (C=O) groups excluding carboxylic acids is 1. The fraction of sp³-hybridized carbons (Fsp3) is 0.500. The van der Waals surface area contributed by atoms with Crippen molar-refractivity contribution in [3.05, 3.63) is 29.8 Å². The second-order valence-corrected chi connectivity index (χ2v) is 4.57. The molecule has 0 fully saturated rings. The molecule has 0 spiro atoms. The number of aliphatic hydroxyl groups is 1. The van der Waals surface area contributed by atoms with Crippen LogP contribution in [0.3, 0.4) is 0 Å². The molecule has 1 aromatic rings. The number of nitrogens with one attached hydrogen (secondary N) is 1. The Balaban J connectivity index is 2.59. The molecule has 0 aliphatic carbocycles. The van der Waals surface area contributed by atoms with E-state index in [-0.39, 0.29) is 18.4 Å². The first-order valence-electron chi connectivity index (χ1n) is 6.34. The number of amides is 1. The molecular formula is C14H22N2O2. The molecule has 4 nitrogen and oxygen atoms in total. The molecule has 0 saturated carbocycles. The zero-order valence-corrected chi connectivity index (χ0v) is 11.0. The van der Waals surface area contributed by atoms with Crippen molar-refractivity contribution in [1.82, 2.24) is 0 Å². The second kappa shape index (κ2) is 7.13. The van der Waals surface area contributed by atoms with Gasteiger partial charge in [0, 0.05) is 12.3 Å². The first-order valence-corrected chi connectivity index (χ1v) is 6.34. The van der Waals surface area contributed by atoms with Crippen LogP contribution >= 0.6 is 0 Å². The summed E-state index contributed by atoms with van der Waals surface area (Å²) >= 11 is 0. The molecule has 18 heavy (non-hydrogen) atoms. The van der Waals surface area contributed by atoms with Crippen LogP contribution in [-0.2, 0) is 11.2 Å². The van der Waals surface area contributed by atoms with Gasteiger partial charge < -0.3 is 16.2 Å². The van der Waals surface area contributed by atoms with Gasteiger partial charge in [-0.1, -0.05) is 32.4 Å². The highest BCUT2D eigenvalue weighted by Crippen LogP contribution is 2.12. The van der Waals surface area contributed by atoms with E-state index in [1.807, 2.05) is 38.1 Å². The average Bonchev–Trinajstić information content (AvgIpc) is 2.39. The lowest BCUT2D eigenvalue weighted by Crippen LogP contribution is -2.40. The summed E-state index contributed by atoms with van der Waals surface area (Å²) in [5.41, 5.74) is 7.63. The Labute approximate surface area is 108 Å². The van der Waals surface area contributed by atoms with Gasteiger partial charge in [0.2, 0.25) is 5.91 Å². The van der Waals surface area contributed by atoms with E-state index in [0.29, 0.717) is 6.42 Å². The minimum absolute atomic E-state index is 0.130. The van der Waals surface area contributed by atoms with Crippen molar-refractivity contribution in [2.75, 3.05) is 11.9 Å². The molecule has 0 radical (unpaired) electrons. The fourth-order valence-corrected chi connectivity index (χ4v) is 1.62. The largest absolute Gasteiger partial charge is 0.396 e. The van der Waals surface area contributed by atoms with Crippen LogP contribution in [0.2, 0.25) is 0 Å². The van der Waals surface area contributed by atoms with Crippen LogP contribution in [-0.4, -0.2) is 23.7 Å². The molecule has 0 heterocycles. The predicted octanol–water partition coefficient (Wildman–Crippen LogP) is 1.53. The highest BCUT2D eigenvalue weighted by atomic mass is 16.2. The number of rotatable bonds is 6. The molecule has 0 aliphatic rings. The maximum Gasteiger partial charge on any atom is 0.241 e. The smallest absolute Gasteiger partial charge is 0.241 e. The van der Waals surface area contributed by atoms with Crippen LogP contribution in [0.4, 0.5) is 5.69 Å². The molecule has 4 heteroatoms. The van der Waals surface area contributed by atoms with E-state index in [9.17, 15) is 4.79 Å². The van der Waals surface area contributed by atoms with E-state index in [1.165, 1.54) is 0 Å². The van der Waals surface area contributed by atoms with Gasteiger partial charge in [-0.15, -0.1) is 0 Å². The molecule has 100 valence electrons. The van der Waals surface area contributed by atoms with Crippen molar-refractivity contribution in [3.63, 3.8) is 0 Å². The first-order chi connectivity index (χ1) is 8.58. The summed E-state index contributed by atoms with van der Waals surface area (Å²) in [5, 5.41) is 11.6. The summed E-state index contributed by atoms with van der Waals surface area (Å²) in [5.74, 6) is 0.0120. The van der Waals surface area contributed by atoms with E-state index in [0.717, 1.165) is 17.7 Å². The van der Waals surface area contributed by atoms with E-state index in [2.05, 4.69) is 5.32 Å². The molecule has 0 saturated heterocycles. The van der Waals surface area contributed by atoms with Gasteiger partial charge >= 0.3 is 0 Å². The Bertz CT molecular complexity index is 376. The van der Waals surface area contributed by atoms with Crippen LogP contribution in [0.25, 0.3) is 0 Å². The molecule has 0 aliphatic heterocycles. The summed E-state index contributed by atoms with van der Waals surface area (Å²) < 4.78 is 0. The topological polar surface area (TPSA) is 75.4 Å². The normalized spacial score (nSPS) is 14.0. The molecule has 0 bridgehead atoms. The summed E-state index contributed by atoms with van der Waals surface area (Å²) in [4.78, 5) is 11.8. The molecular weight excluding hydrogens is 228 g/mol. The van der Waals surface area contributed by atoms with Gasteiger partial charge in [-0.2, -0.15) is 0 Å². The Morgan fingerprint density at radius 3 is 2.50 bits per heavy atom. The van der Waals surface area contributed by atoms with Crippen molar-refractivity contribution in [2.24, 2.45) is 11.7 Å². The third-order valence-corrected chi connectivity index (χ3v) is 3.18. The van der Waals surface area contributed by atoms with E-state index in [1.54, 1.807) is 0 Å². The number of nitrogens with two attached hydrogens (primary N) is 1. The second-order valence-electron chi connectivity index (χ2n) is 4.57. The fourth-order valence-electron chi connectivity index (χ4n) is 1.62. The minimum atomic E-state index is -0.480. The van der Waals surface area contributed by atoms with Gasteiger partial charge in [0.25, 0.3) is 0 Å². The van der Waals surface area contributed by atoms with Gasteiger partial charge in [-0.05, 0) is 30.0 Å². The van der Waals surface area contributed by atoms with Crippen molar-refractivity contribution in [2.45, 2.75) is 32.7 Å². The molecule has 2 atom stereocenters. The summed E-state index contributed by atoms with van der Waals surface area (Å²) in [7, 11) is 0. The molecule has 0 unspecified atom stereocenters. The SMILES string of the molecule is CC[C@H](C)[C@H](N)C(=O)Nc1ccc(CCO)cc1. The monoisotopic (exact) mass is 250 g/mol. The lowest BCUT2D eigenvalue weighted by atomic mass is 9.99. The maximum absolute atomic E-state index is 11.8. The molecule has 1 amide bonds. The summed E-state index contributed by atoms with van der Waals surface area (Å²) in [6.07, 6.45) is 1.50. The van der Waals surface area contributed by atoms with Crippen molar-refractivity contribution in [1.29, 1.82) is 0 Å². The number of hydrogen-bond acceptors (Lipinski definition) is 3. The van der Waals surface area contributed by atoms with Crippen LogP contribution in [0.15, 0.2) is 24.3 Å². The number of hydrogen-bond donors (Lipinski definition) is 3.